The van der Waals surface area contributed by atoms with Crippen molar-refractivity contribution in [1.29, 1.82) is 10.5 Å². The molecule has 0 aliphatic heterocycles. The molecule has 0 amide bonds. The van der Waals surface area contributed by atoms with Crippen molar-refractivity contribution in [3.8, 4) is 12.1 Å². The molecule has 0 saturated heterocycles. The zero-order chi connectivity index (χ0) is 9.14. The summed E-state index contributed by atoms with van der Waals surface area (Å²) in [5.74, 6) is 0. The molecule has 0 atom stereocenters. The Bertz CT molecular complexity index is 360. The number of nitriles is 2. The minimum absolute atomic E-state index is 0.0903. The summed E-state index contributed by atoms with van der Waals surface area (Å²) in [6.07, 6.45) is 0. The Hall–Kier alpha value is -1.21. The van der Waals surface area contributed by atoms with Gasteiger partial charge in [0.1, 0.15) is 15.8 Å². The number of halogens is 1. The van der Waals surface area contributed by atoms with Gasteiger partial charge in [-0.2, -0.15) is 10.5 Å². The van der Waals surface area contributed by atoms with Crippen LogP contribution in [0, 0.1) is 33.3 Å². The van der Waals surface area contributed by atoms with E-state index >= 15 is 0 Å². The lowest BCUT2D eigenvalue weighted by molar-refractivity contribution is 1.04. The van der Waals surface area contributed by atoms with Crippen LogP contribution in [0.1, 0.15) is 17.1 Å². The number of hydrogen-bond acceptors (Lipinski definition) is 4. The van der Waals surface area contributed by atoms with Gasteiger partial charge < -0.3 is 0 Å². The lowest BCUT2D eigenvalue weighted by Gasteiger charge is -1.97. The number of aromatic nitrogens is 2. The minimum Gasteiger partial charge on any atom is -0.237 e. The smallest absolute Gasteiger partial charge is 0.178 e. The summed E-state index contributed by atoms with van der Waals surface area (Å²) in [6, 6.07) is 3.63. The fourth-order valence-corrected chi connectivity index (χ4v) is 1.02. The van der Waals surface area contributed by atoms with Gasteiger partial charge in [0.25, 0.3) is 0 Å². The number of aryl methyl sites for hydroxylation is 1. The maximum atomic E-state index is 8.56. The molecule has 58 valence electrons. The number of nitrogens with zero attached hydrogens (tertiary/aromatic N) is 4. The van der Waals surface area contributed by atoms with E-state index in [0.29, 0.717) is 9.39 Å². The van der Waals surface area contributed by atoms with Gasteiger partial charge in [-0.1, -0.05) is 0 Å². The topological polar surface area (TPSA) is 73.4 Å². The molecule has 1 rings (SSSR count). The van der Waals surface area contributed by atoms with Gasteiger partial charge in [0.2, 0.25) is 0 Å². The molecule has 1 aromatic heterocycles. The summed E-state index contributed by atoms with van der Waals surface area (Å²) in [5, 5.41) is 17.1. The highest BCUT2D eigenvalue weighted by molar-refractivity contribution is 14.1. The van der Waals surface area contributed by atoms with Crippen LogP contribution in [0.15, 0.2) is 0 Å². The molecule has 12 heavy (non-hydrogen) atoms. The highest BCUT2D eigenvalue weighted by Crippen LogP contribution is 2.08. The Morgan fingerprint density at radius 2 is 1.67 bits per heavy atom. The monoisotopic (exact) mass is 270 g/mol. The summed E-state index contributed by atoms with van der Waals surface area (Å²) in [7, 11) is 0. The van der Waals surface area contributed by atoms with E-state index in [0.717, 1.165) is 0 Å². The van der Waals surface area contributed by atoms with Gasteiger partial charge in [-0.15, -0.1) is 0 Å². The van der Waals surface area contributed by atoms with E-state index in [1.807, 2.05) is 34.7 Å². The van der Waals surface area contributed by atoms with Crippen molar-refractivity contribution < 1.29 is 0 Å². The molecule has 0 aromatic carbocycles. The Labute approximate surface area is 83.0 Å². The Balaban J connectivity index is 3.44. The van der Waals surface area contributed by atoms with Crippen LogP contribution < -0.4 is 0 Å². The van der Waals surface area contributed by atoms with Crippen molar-refractivity contribution in [2.24, 2.45) is 0 Å². The molecule has 0 aliphatic rings. The molecule has 0 spiro atoms. The van der Waals surface area contributed by atoms with Crippen molar-refractivity contribution in [1.82, 2.24) is 9.97 Å². The Kier molecular flexibility index (Phi) is 2.56. The second-order valence-electron chi connectivity index (χ2n) is 2.02. The molecular weight excluding hydrogens is 267 g/mol. The third kappa shape index (κ3) is 1.51. The number of hydrogen-bond donors (Lipinski definition) is 0. The third-order valence-electron chi connectivity index (χ3n) is 1.22. The predicted molar refractivity (Wildman–Crippen MR) is 48.9 cm³/mol. The van der Waals surface area contributed by atoms with Crippen LogP contribution in [-0.2, 0) is 0 Å². The third-order valence-corrected chi connectivity index (χ3v) is 2.25. The average Bonchev–Trinajstić information content (AvgIpc) is 2.09. The molecule has 0 fully saturated rings. The van der Waals surface area contributed by atoms with Crippen molar-refractivity contribution in [2.45, 2.75) is 6.92 Å². The van der Waals surface area contributed by atoms with Gasteiger partial charge >= 0.3 is 0 Å². The predicted octanol–water partition coefficient (Wildman–Crippen LogP) is 1.13. The second-order valence-corrected chi connectivity index (χ2v) is 3.04. The summed E-state index contributed by atoms with van der Waals surface area (Å²) >= 11 is 1.97. The van der Waals surface area contributed by atoms with E-state index in [1.54, 1.807) is 6.92 Å². The zero-order valence-electron chi connectivity index (χ0n) is 6.17. The SMILES string of the molecule is Cc1nc(C#N)c(C#N)nc1I. The van der Waals surface area contributed by atoms with Crippen LogP contribution in [0.2, 0.25) is 0 Å². The second kappa shape index (κ2) is 3.46. The molecule has 0 saturated carbocycles. The molecule has 0 unspecified atom stereocenters. The van der Waals surface area contributed by atoms with Crippen LogP contribution >= 0.6 is 22.6 Å². The van der Waals surface area contributed by atoms with Crippen LogP contribution in [0.5, 0.6) is 0 Å². The fraction of sp³-hybridized carbons (Fsp3) is 0.143. The maximum absolute atomic E-state index is 8.56. The van der Waals surface area contributed by atoms with E-state index in [9.17, 15) is 0 Å². The first-order valence-electron chi connectivity index (χ1n) is 3.03. The largest absolute Gasteiger partial charge is 0.237 e. The van der Waals surface area contributed by atoms with Gasteiger partial charge in [0.15, 0.2) is 11.4 Å². The highest BCUT2D eigenvalue weighted by Gasteiger charge is 2.07. The van der Waals surface area contributed by atoms with E-state index < -0.39 is 0 Å². The first kappa shape index (κ1) is 8.88. The maximum Gasteiger partial charge on any atom is 0.178 e. The Morgan fingerprint density at radius 1 is 1.17 bits per heavy atom. The molecule has 0 aliphatic carbocycles. The summed E-state index contributed by atoms with van der Waals surface area (Å²) in [6.45, 7) is 1.75. The van der Waals surface area contributed by atoms with E-state index in [2.05, 4.69) is 9.97 Å². The van der Waals surface area contributed by atoms with E-state index in [1.165, 1.54) is 0 Å². The average molecular weight is 270 g/mol. The molecule has 0 N–H and O–H groups in total. The molecule has 0 radical (unpaired) electrons. The van der Waals surface area contributed by atoms with Crippen molar-refractivity contribution in [3.63, 3.8) is 0 Å². The quantitative estimate of drug-likeness (QED) is 0.662. The minimum atomic E-state index is 0.0903. The number of rotatable bonds is 0. The van der Waals surface area contributed by atoms with Crippen LogP contribution in [0.3, 0.4) is 0 Å². The first-order chi connectivity index (χ1) is 5.69. The highest BCUT2D eigenvalue weighted by atomic mass is 127. The Morgan fingerprint density at radius 3 is 2.17 bits per heavy atom. The van der Waals surface area contributed by atoms with Gasteiger partial charge in [-0.05, 0) is 29.5 Å². The van der Waals surface area contributed by atoms with Crippen molar-refractivity contribution >= 4 is 22.6 Å². The van der Waals surface area contributed by atoms with Gasteiger partial charge in [0, 0.05) is 0 Å². The van der Waals surface area contributed by atoms with Crippen LogP contribution in [0.25, 0.3) is 0 Å². The van der Waals surface area contributed by atoms with Gasteiger partial charge in [-0.3, -0.25) is 0 Å². The van der Waals surface area contributed by atoms with Crippen molar-refractivity contribution in [2.75, 3.05) is 0 Å². The lowest BCUT2D eigenvalue weighted by atomic mass is 10.3. The molecule has 1 aromatic rings. The normalized spacial score (nSPS) is 8.67. The zero-order valence-corrected chi connectivity index (χ0v) is 8.32. The molecular formula is C7H3IN4. The van der Waals surface area contributed by atoms with E-state index in [-0.39, 0.29) is 11.4 Å². The first-order valence-corrected chi connectivity index (χ1v) is 4.11. The lowest BCUT2D eigenvalue weighted by Crippen LogP contribution is -1.99. The van der Waals surface area contributed by atoms with Crippen LogP contribution in [0.4, 0.5) is 0 Å². The molecule has 4 nitrogen and oxygen atoms in total. The summed E-state index contributed by atoms with van der Waals surface area (Å²) in [5.41, 5.74) is 0.856. The molecule has 1 heterocycles. The fourth-order valence-electron chi connectivity index (χ4n) is 0.655. The van der Waals surface area contributed by atoms with Crippen LogP contribution in [-0.4, -0.2) is 9.97 Å². The summed E-state index contributed by atoms with van der Waals surface area (Å²) < 4.78 is 0.656. The van der Waals surface area contributed by atoms with Crippen molar-refractivity contribution in [3.05, 3.63) is 20.8 Å². The standard InChI is InChI=1S/C7H3IN4/c1-4-7(8)12-6(3-10)5(2-9)11-4/h1H3. The summed E-state index contributed by atoms with van der Waals surface area (Å²) in [4.78, 5) is 7.81. The molecule has 0 bridgehead atoms. The molecule has 5 heteroatoms. The van der Waals surface area contributed by atoms with E-state index in [4.69, 9.17) is 10.5 Å². The van der Waals surface area contributed by atoms with Gasteiger partial charge in [0.05, 0.1) is 5.69 Å². The van der Waals surface area contributed by atoms with Gasteiger partial charge in [-0.25, -0.2) is 9.97 Å².